The molecule has 1 aromatic rings. The second-order valence-corrected chi connectivity index (χ2v) is 4.75. The first-order valence-corrected chi connectivity index (χ1v) is 5.96. The first kappa shape index (κ1) is 12.7. The normalized spacial score (nSPS) is 16.2. The number of amides is 1. The smallest absolute Gasteiger partial charge is 0.244 e. The first-order valence-electron chi connectivity index (χ1n) is 5.96. The molecule has 2 rings (SSSR count). The van der Waals surface area contributed by atoms with Crippen LogP contribution in [0.1, 0.15) is 31.4 Å². The Morgan fingerprint density at radius 2 is 2.06 bits per heavy atom. The number of benzene rings is 1. The van der Waals surface area contributed by atoms with Crippen molar-refractivity contribution < 1.29 is 13.6 Å². The molecule has 18 heavy (non-hydrogen) atoms. The molecule has 0 heterocycles. The topological polar surface area (TPSA) is 29.1 Å². The number of rotatable bonds is 2. The van der Waals surface area contributed by atoms with Gasteiger partial charge in [0, 0.05) is 18.2 Å². The average molecular weight is 251 g/mol. The zero-order valence-corrected chi connectivity index (χ0v) is 10.4. The van der Waals surface area contributed by atoms with Gasteiger partial charge in [0.25, 0.3) is 0 Å². The maximum Gasteiger partial charge on any atom is 0.244 e. The van der Waals surface area contributed by atoms with E-state index in [4.69, 9.17) is 0 Å². The van der Waals surface area contributed by atoms with E-state index in [9.17, 15) is 13.6 Å². The van der Waals surface area contributed by atoms with Crippen molar-refractivity contribution in [2.75, 3.05) is 0 Å². The van der Waals surface area contributed by atoms with E-state index in [1.807, 2.05) is 13.8 Å². The van der Waals surface area contributed by atoms with Gasteiger partial charge in [0.05, 0.1) is 0 Å². The second kappa shape index (κ2) is 4.88. The summed E-state index contributed by atoms with van der Waals surface area (Å²) >= 11 is 0. The summed E-state index contributed by atoms with van der Waals surface area (Å²) in [6, 6.07) is 2.22. The zero-order chi connectivity index (χ0) is 13.3. The van der Waals surface area contributed by atoms with Gasteiger partial charge in [0.15, 0.2) is 0 Å². The molecule has 1 aromatic carbocycles. The molecule has 96 valence electrons. The summed E-state index contributed by atoms with van der Waals surface area (Å²) in [5.74, 6) is -1.36. The van der Waals surface area contributed by atoms with E-state index < -0.39 is 11.6 Å². The monoisotopic (exact) mass is 251 g/mol. The highest BCUT2D eigenvalue weighted by Gasteiger charge is 2.21. The van der Waals surface area contributed by atoms with Crippen LogP contribution in [-0.4, -0.2) is 11.9 Å². The van der Waals surface area contributed by atoms with Crippen LogP contribution in [0, 0.1) is 11.6 Å². The second-order valence-electron chi connectivity index (χ2n) is 4.75. The average Bonchev–Trinajstić information content (AvgIpc) is 2.60. The van der Waals surface area contributed by atoms with Gasteiger partial charge in [-0.25, -0.2) is 8.78 Å². The number of halogens is 2. The van der Waals surface area contributed by atoms with Crippen LogP contribution in [0.25, 0.3) is 5.57 Å². The van der Waals surface area contributed by atoms with Crippen LogP contribution in [0.4, 0.5) is 8.78 Å². The minimum atomic E-state index is -0.608. The quantitative estimate of drug-likeness (QED) is 0.805. The number of nitrogens with one attached hydrogen (secondary N) is 1. The standard InChI is InChI=1S/C14H15F2NO/c1-8(2)17-14(18)5-9-3-4-11-12(9)6-10(15)7-13(11)16/h5-8H,3-4H2,1-2H3,(H,17,18)/b9-5+. The summed E-state index contributed by atoms with van der Waals surface area (Å²) in [6.45, 7) is 3.72. The third-order valence-electron chi connectivity index (χ3n) is 2.89. The third kappa shape index (κ3) is 2.58. The Labute approximate surface area is 105 Å². The Balaban J connectivity index is 2.31. The Kier molecular flexibility index (Phi) is 3.45. The molecule has 0 aliphatic heterocycles. The van der Waals surface area contributed by atoms with E-state index in [-0.39, 0.29) is 11.9 Å². The minimum absolute atomic E-state index is 0.0412. The molecule has 0 spiro atoms. The maximum absolute atomic E-state index is 13.5. The molecule has 0 atom stereocenters. The number of hydrogen-bond acceptors (Lipinski definition) is 1. The molecule has 1 amide bonds. The number of allylic oxidation sites excluding steroid dienone is 1. The predicted octanol–water partition coefficient (Wildman–Crippen LogP) is 2.82. The summed E-state index contributed by atoms with van der Waals surface area (Å²) in [7, 11) is 0. The van der Waals surface area contributed by atoms with Crippen molar-refractivity contribution in [2.45, 2.75) is 32.7 Å². The van der Waals surface area contributed by atoms with E-state index in [1.54, 1.807) is 0 Å². The lowest BCUT2D eigenvalue weighted by Crippen LogP contribution is -2.28. The van der Waals surface area contributed by atoms with Crippen LogP contribution in [0.15, 0.2) is 18.2 Å². The van der Waals surface area contributed by atoms with Crippen LogP contribution in [-0.2, 0) is 11.2 Å². The lowest BCUT2D eigenvalue weighted by Gasteiger charge is -2.06. The molecular formula is C14H15F2NO. The number of carbonyl (C=O) groups excluding carboxylic acids is 1. The molecule has 0 bridgehead atoms. The first-order chi connectivity index (χ1) is 8.47. The van der Waals surface area contributed by atoms with Gasteiger partial charge in [-0.05, 0) is 49.5 Å². The molecule has 4 heteroatoms. The van der Waals surface area contributed by atoms with Crippen molar-refractivity contribution in [3.63, 3.8) is 0 Å². The van der Waals surface area contributed by atoms with E-state index in [0.717, 1.165) is 6.07 Å². The Bertz CT molecular complexity index is 521. The number of fused-ring (bicyclic) bond motifs is 1. The molecule has 0 radical (unpaired) electrons. The highest BCUT2D eigenvalue weighted by atomic mass is 19.1. The molecule has 2 nitrogen and oxygen atoms in total. The van der Waals surface area contributed by atoms with Gasteiger partial charge >= 0.3 is 0 Å². The fourth-order valence-electron chi connectivity index (χ4n) is 2.17. The van der Waals surface area contributed by atoms with E-state index in [1.165, 1.54) is 12.1 Å². The highest BCUT2D eigenvalue weighted by molar-refractivity contribution is 5.96. The van der Waals surface area contributed by atoms with Crippen molar-refractivity contribution in [3.05, 3.63) is 41.0 Å². The molecule has 0 aromatic heterocycles. The molecule has 1 N–H and O–H groups in total. The van der Waals surface area contributed by atoms with Gasteiger partial charge in [-0.3, -0.25) is 4.79 Å². The third-order valence-corrected chi connectivity index (χ3v) is 2.89. The van der Waals surface area contributed by atoms with Crippen LogP contribution in [0.3, 0.4) is 0 Å². The Hall–Kier alpha value is -1.71. The number of carbonyl (C=O) groups is 1. The van der Waals surface area contributed by atoms with Crippen molar-refractivity contribution in [2.24, 2.45) is 0 Å². The summed E-state index contributed by atoms with van der Waals surface area (Å²) < 4.78 is 26.7. The van der Waals surface area contributed by atoms with Crippen molar-refractivity contribution in [3.8, 4) is 0 Å². The van der Waals surface area contributed by atoms with Crippen LogP contribution in [0.5, 0.6) is 0 Å². The molecule has 0 unspecified atom stereocenters. The maximum atomic E-state index is 13.5. The molecular weight excluding hydrogens is 236 g/mol. The van der Waals surface area contributed by atoms with Crippen LogP contribution >= 0.6 is 0 Å². The van der Waals surface area contributed by atoms with Crippen molar-refractivity contribution >= 4 is 11.5 Å². The molecule has 0 saturated heterocycles. The number of hydrogen-bond donors (Lipinski definition) is 1. The summed E-state index contributed by atoms with van der Waals surface area (Å²) in [6.07, 6.45) is 2.52. The van der Waals surface area contributed by atoms with Gasteiger partial charge in [-0.1, -0.05) is 0 Å². The lowest BCUT2D eigenvalue weighted by molar-refractivity contribution is -0.116. The largest absolute Gasteiger partial charge is 0.350 e. The summed E-state index contributed by atoms with van der Waals surface area (Å²) in [4.78, 5) is 11.6. The van der Waals surface area contributed by atoms with E-state index in [0.29, 0.717) is 29.5 Å². The van der Waals surface area contributed by atoms with E-state index in [2.05, 4.69) is 5.32 Å². The van der Waals surface area contributed by atoms with Gasteiger partial charge in [-0.15, -0.1) is 0 Å². The molecule has 0 fully saturated rings. The highest BCUT2D eigenvalue weighted by Crippen LogP contribution is 2.34. The Morgan fingerprint density at radius 1 is 1.33 bits per heavy atom. The fourth-order valence-corrected chi connectivity index (χ4v) is 2.17. The molecule has 1 aliphatic rings. The van der Waals surface area contributed by atoms with Gasteiger partial charge in [0.1, 0.15) is 11.6 Å². The SMILES string of the molecule is CC(C)NC(=O)/C=C1\CCc2c(F)cc(F)cc21. The minimum Gasteiger partial charge on any atom is -0.350 e. The van der Waals surface area contributed by atoms with Gasteiger partial charge < -0.3 is 5.32 Å². The molecule has 1 aliphatic carbocycles. The summed E-state index contributed by atoms with van der Waals surface area (Å²) in [5.41, 5.74) is 1.72. The van der Waals surface area contributed by atoms with Crippen LogP contribution < -0.4 is 5.32 Å². The van der Waals surface area contributed by atoms with Crippen LogP contribution in [0.2, 0.25) is 0 Å². The van der Waals surface area contributed by atoms with E-state index >= 15 is 0 Å². The van der Waals surface area contributed by atoms with Gasteiger partial charge in [-0.2, -0.15) is 0 Å². The fraction of sp³-hybridized carbons (Fsp3) is 0.357. The predicted molar refractivity (Wildman–Crippen MR) is 65.9 cm³/mol. The van der Waals surface area contributed by atoms with Crippen molar-refractivity contribution in [1.29, 1.82) is 0 Å². The molecule has 0 saturated carbocycles. The van der Waals surface area contributed by atoms with Gasteiger partial charge in [0.2, 0.25) is 5.91 Å². The summed E-state index contributed by atoms with van der Waals surface area (Å²) in [5, 5.41) is 2.73. The van der Waals surface area contributed by atoms with Crippen molar-refractivity contribution in [1.82, 2.24) is 5.32 Å². The lowest BCUT2D eigenvalue weighted by atomic mass is 10.1. The zero-order valence-electron chi connectivity index (χ0n) is 10.4. The Morgan fingerprint density at radius 3 is 2.72 bits per heavy atom.